The predicted molar refractivity (Wildman–Crippen MR) is 44.1 cm³/mol. The van der Waals surface area contributed by atoms with E-state index in [9.17, 15) is 0 Å². The first-order valence-electron chi connectivity index (χ1n) is 4.13. The highest BCUT2D eigenvalue weighted by atomic mass is 16.3. The van der Waals surface area contributed by atoms with Gasteiger partial charge in [-0.05, 0) is 18.8 Å². The monoisotopic (exact) mass is 156 g/mol. The van der Waals surface area contributed by atoms with Crippen LogP contribution in [0, 0.1) is 11.3 Å². The first kappa shape index (κ1) is 8.75. The van der Waals surface area contributed by atoms with Crippen molar-refractivity contribution in [2.45, 2.75) is 19.8 Å². The fourth-order valence-corrected chi connectivity index (χ4v) is 1.60. The van der Waals surface area contributed by atoms with E-state index in [2.05, 4.69) is 12.2 Å². The molecular formula is C9H16O2. The van der Waals surface area contributed by atoms with Gasteiger partial charge in [-0.15, -0.1) is 0 Å². The second-order valence-corrected chi connectivity index (χ2v) is 3.43. The third-order valence-electron chi connectivity index (χ3n) is 2.83. The number of aliphatic hydroxyl groups is 2. The molecule has 11 heavy (non-hydrogen) atoms. The molecule has 2 nitrogen and oxygen atoms in total. The van der Waals surface area contributed by atoms with Crippen LogP contribution in [0.1, 0.15) is 19.8 Å². The number of hydrogen-bond donors (Lipinski definition) is 2. The second-order valence-electron chi connectivity index (χ2n) is 3.43. The Bertz CT molecular complexity index is 148. The van der Waals surface area contributed by atoms with Crippen LogP contribution in [0.15, 0.2) is 12.2 Å². The van der Waals surface area contributed by atoms with Gasteiger partial charge in [-0.3, -0.25) is 0 Å². The van der Waals surface area contributed by atoms with Crippen LogP contribution >= 0.6 is 0 Å². The van der Waals surface area contributed by atoms with Gasteiger partial charge in [0.25, 0.3) is 0 Å². The summed E-state index contributed by atoms with van der Waals surface area (Å²) in [5.74, 6) is 0.297. The SMILES string of the molecule is CC1C=CCCC1(CO)CO. The van der Waals surface area contributed by atoms with Gasteiger partial charge in [0.05, 0.1) is 13.2 Å². The third-order valence-corrected chi connectivity index (χ3v) is 2.83. The zero-order valence-electron chi connectivity index (χ0n) is 6.95. The molecule has 0 fully saturated rings. The van der Waals surface area contributed by atoms with E-state index in [0.29, 0.717) is 5.92 Å². The number of aliphatic hydroxyl groups excluding tert-OH is 2. The minimum absolute atomic E-state index is 0.0923. The molecule has 0 aromatic carbocycles. The molecule has 1 aliphatic rings. The molecule has 0 aromatic heterocycles. The van der Waals surface area contributed by atoms with Crippen LogP contribution in [0.5, 0.6) is 0 Å². The minimum Gasteiger partial charge on any atom is -0.396 e. The lowest BCUT2D eigenvalue weighted by molar-refractivity contribution is 0.0149. The highest BCUT2D eigenvalue weighted by Crippen LogP contribution is 2.36. The van der Waals surface area contributed by atoms with E-state index >= 15 is 0 Å². The maximum atomic E-state index is 9.12. The molecule has 0 saturated carbocycles. The number of hydrogen-bond acceptors (Lipinski definition) is 2. The van der Waals surface area contributed by atoms with Gasteiger partial charge in [-0.2, -0.15) is 0 Å². The standard InChI is InChI=1S/C9H16O2/c1-8-4-2-3-5-9(8,6-10)7-11/h2,4,8,10-11H,3,5-7H2,1H3. The van der Waals surface area contributed by atoms with Crippen molar-refractivity contribution in [3.05, 3.63) is 12.2 Å². The molecule has 1 rings (SSSR count). The Balaban J connectivity index is 2.73. The molecule has 0 aromatic rings. The molecule has 0 bridgehead atoms. The molecule has 1 aliphatic carbocycles. The number of rotatable bonds is 2. The fourth-order valence-electron chi connectivity index (χ4n) is 1.60. The summed E-state index contributed by atoms with van der Waals surface area (Å²) in [4.78, 5) is 0. The third kappa shape index (κ3) is 1.47. The average Bonchev–Trinajstić information content (AvgIpc) is 2.06. The summed E-state index contributed by atoms with van der Waals surface area (Å²) in [5.41, 5.74) is -0.255. The molecule has 0 amide bonds. The Morgan fingerprint density at radius 1 is 1.45 bits per heavy atom. The van der Waals surface area contributed by atoms with Gasteiger partial charge in [0, 0.05) is 5.41 Å². The van der Waals surface area contributed by atoms with E-state index in [0.717, 1.165) is 12.8 Å². The van der Waals surface area contributed by atoms with Crippen LogP contribution in [0.4, 0.5) is 0 Å². The van der Waals surface area contributed by atoms with Crippen molar-refractivity contribution in [3.63, 3.8) is 0 Å². The van der Waals surface area contributed by atoms with Crippen molar-refractivity contribution in [1.82, 2.24) is 0 Å². The molecule has 0 aliphatic heterocycles. The fraction of sp³-hybridized carbons (Fsp3) is 0.778. The van der Waals surface area contributed by atoms with Gasteiger partial charge in [0.1, 0.15) is 0 Å². The Morgan fingerprint density at radius 3 is 2.45 bits per heavy atom. The van der Waals surface area contributed by atoms with E-state index in [1.165, 1.54) is 0 Å². The number of allylic oxidation sites excluding steroid dienone is 2. The molecule has 2 N–H and O–H groups in total. The van der Waals surface area contributed by atoms with Crippen LogP contribution in [0.2, 0.25) is 0 Å². The van der Waals surface area contributed by atoms with Crippen LogP contribution in [-0.2, 0) is 0 Å². The Hall–Kier alpha value is -0.340. The molecule has 1 atom stereocenters. The Morgan fingerprint density at radius 2 is 2.09 bits per heavy atom. The van der Waals surface area contributed by atoms with Crippen LogP contribution in [0.25, 0.3) is 0 Å². The topological polar surface area (TPSA) is 40.5 Å². The summed E-state index contributed by atoms with van der Waals surface area (Å²) >= 11 is 0. The average molecular weight is 156 g/mol. The molecule has 64 valence electrons. The van der Waals surface area contributed by atoms with Crippen LogP contribution in [0.3, 0.4) is 0 Å². The predicted octanol–water partition coefficient (Wildman–Crippen LogP) is 0.944. The summed E-state index contributed by atoms with van der Waals surface area (Å²) in [5, 5.41) is 18.2. The van der Waals surface area contributed by atoms with Gasteiger partial charge in [-0.1, -0.05) is 19.1 Å². The first-order valence-corrected chi connectivity index (χ1v) is 4.13. The van der Waals surface area contributed by atoms with Gasteiger partial charge in [0.2, 0.25) is 0 Å². The van der Waals surface area contributed by atoms with Crippen LogP contribution < -0.4 is 0 Å². The van der Waals surface area contributed by atoms with Crippen LogP contribution in [-0.4, -0.2) is 23.4 Å². The quantitative estimate of drug-likeness (QED) is 0.584. The normalized spacial score (nSPS) is 28.8. The van der Waals surface area contributed by atoms with Gasteiger partial charge in [-0.25, -0.2) is 0 Å². The maximum absolute atomic E-state index is 9.12. The van der Waals surface area contributed by atoms with E-state index in [1.54, 1.807) is 0 Å². The largest absolute Gasteiger partial charge is 0.396 e. The smallest absolute Gasteiger partial charge is 0.0515 e. The van der Waals surface area contributed by atoms with E-state index in [1.807, 2.05) is 6.92 Å². The molecule has 1 unspecified atom stereocenters. The zero-order chi connectivity index (χ0) is 8.32. The molecule has 2 heteroatoms. The lowest BCUT2D eigenvalue weighted by Gasteiger charge is -2.36. The van der Waals surface area contributed by atoms with Crippen molar-refractivity contribution < 1.29 is 10.2 Å². The van der Waals surface area contributed by atoms with Gasteiger partial charge >= 0.3 is 0 Å². The molecule has 0 saturated heterocycles. The first-order chi connectivity index (χ1) is 5.25. The molecule has 0 radical (unpaired) electrons. The highest BCUT2D eigenvalue weighted by molar-refractivity contribution is 5.02. The maximum Gasteiger partial charge on any atom is 0.0515 e. The van der Waals surface area contributed by atoms with Crippen molar-refractivity contribution in [1.29, 1.82) is 0 Å². The lowest BCUT2D eigenvalue weighted by atomic mass is 9.71. The highest BCUT2D eigenvalue weighted by Gasteiger charge is 2.34. The van der Waals surface area contributed by atoms with E-state index in [-0.39, 0.29) is 18.6 Å². The van der Waals surface area contributed by atoms with Gasteiger partial charge in [0.15, 0.2) is 0 Å². The Kier molecular flexibility index (Phi) is 2.68. The van der Waals surface area contributed by atoms with Gasteiger partial charge < -0.3 is 10.2 Å². The van der Waals surface area contributed by atoms with Crippen molar-refractivity contribution in [3.8, 4) is 0 Å². The van der Waals surface area contributed by atoms with E-state index < -0.39 is 0 Å². The molecular weight excluding hydrogens is 140 g/mol. The van der Waals surface area contributed by atoms with Crippen molar-refractivity contribution >= 4 is 0 Å². The van der Waals surface area contributed by atoms with Crippen molar-refractivity contribution in [2.24, 2.45) is 11.3 Å². The molecule has 0 heterocycles. The lowest BCUT2D eigenvalue weighted by Crippen LogP contribution is -2.37. The summed E-state index contributed by atoms with van der Waals surface area (Å²) in [6, 6.07) is 0. The molecule has 0 spiro atoms. The Labute approximate surface area is 67.6 Å². The minimum atomic E-state index is -0.255. The second kappa shape index (κ2) is 3.37. The zero-order valence-corrected chi connectivity index (χ0v) is 6.95. The van der Waals surface area contributed by atoms with Crippen molar-refractivity contribution in [2.75, 3.05) is 13.2 Å². The van der Waals surface area contributed by atoms with E-state index in [4.69, 9.17) is 10.2 Å². The summed E-state index contributed by atoms with van der Waals surface area (Å²) in [7, 11) is 0. The summed E-state index contributed by atoms with van der Waals surface area (Å²) in [6.07, 6.45) is 6.08. The summed E-state index contributed by atoms with van der Waals surface area (Å²) < 4.78 is 0. The summed E-state index contributed by atoms with van der Waals surface area (Å²) in [6.45, 7) is 2.23.